The van der Waals surface area contributed by atoms with Crippen LogP contribution in [0.2, 0.25) is 5.02 Å². The Bertz CT molecular complexity index is 2040. The molecule has 2 amide bonds. The van der Waals surface area contributed by atoms with E-state index in [1.807, 2.05) is 20.0 Å². The second-order valence-corrected chi connectivity index (χ2v) is 16.4. The number of carbonyl (C=O) groups excluding carboxylic acids is 2. The SMILES string of the molecule is COc1ccc(S(=O)(=O)N2C(=O)C(c3cc(CN4CCN(C)CC4)ccc3OC)(N3C[C@H](C)C[C@H]3C(=O)N(C)C)c3cc(Cl)ccc32)c(OC(F)(F)F)c1. The Balaban J connectivity index is 1.64. The zero-order chi connectivity index (χ0) is 39.3. The predicted octanol–water partition coefficient (Wildman–Crippen LogP) is 4.78. The van der Waals surface area contributed by atoms with Gasteiger partial charge in [-0.1, -0.05) is 24.6 Å². The number of amides is 2. The summed E-state index contributed by atoms with van der Waals surface area (Å²) in [6.45, 7) is 5.90. The molecular weight excluding hydrogens is 751 g/mol. The summed E-state index contributed by atoms with van der Waals surface area (Å²) in [4.78, 5) is 36.4. The van der Waals surface area contributed by atoms with Crippen molar-refractivity contribution in [2.45, 2.75) is 42.7 Å². The molecule has 1 unspecified atom stereocenters. The Hall–Kier alpha value is -4.09. The number of fused-ring (bicyclic) bond motifs is 1. The van der Waals surface area contributed by atoms with Crippen LogP contribution in [0.1, 0.15) is 30.0 Å². The van der Waals surface area contributed by atoms with E-state index in [2.05, 4.69) is 14.5 Å². The van der Waals surface area contributed by atoms with Gasteiger partial charge in [0, 0.05) is 75.6 Å². The van der Waals surface area contributed by atoms with Crippen LogP contribution in [0.4, 0.5) is 18.9 Å². The maximum Gasteiger partial charge on any atom is 0.573 e. The Labute approximate surface area is 317 Å². The average Bonchev–Trinajstić information content (AvgIpc) is 3.62. The van der Waals surface area contributed by atoms with Crippen LogP contribution in [0.15, 0.2) is 59.5 Å². The van der Waals surface area contributed by atoms with Crippen LogP contribution in [0.25, 0.3) is 0 Å². The van der Waals surface area contributed by atoms with Crippen LogP contribution in [-0.2, 0) is 31.7 Å². The van der Waals surface area contributed by atoms with E-state index in [4.69, 9.17) is 21.1 Å². The van der Waals surface area contributed by atoms with Crippen molar-refractivity contribution in [3.8, 4) is 17.2 Å². The third-order valence-corrected chi connectivity index (χ3v) is 12.3. The van der Waals surface area contributed by atoms with Crippen molar-refractivity contribution < 1.29 is 45.4 Å². The molecule has 2 saturated heterocycles. The molecule has 0 aromatic heterocycles. The van der Waals surface area contributed by atoms with Gasteiger partial charge in [0.25, 0.3) is 15.9 Å². The average molecular weight is 794 g/mol. The number of methoxy groups -OCH3 is 2. The quantitative estimate of drug-likeness (QED) is 0.285. The lowest BCUT2D eigenvalue weighted by molar-refractivity contribution is -0.275. The number of hydrogen-bond donors (Lipinski definition) is 0. The Kier molecular flexibility index (Phi) is 10.9. The van der Waals surface area contributed by atoms with E-state index in [-0.39, 0.29) is 51.7 Å². The fourth-order valence-electron chi connectivity index (χ4n) is 7.76. The number of alkyl halides is 3. The molecule has 3 aromatic carbocycles. The molecule has 3 heterocycles. The number of likely N-dealkylation sites (N-methyl/N-ethyl adjacent to an activating group) is 2. The van der Waals surface area contributed by atoms with E-state index in [1.165, 1.54) is 37.3 Å². The van der Waals surface area contributed by atoms with E-state index in [0.717, 1.165) is 49.9 Å². The highest BCUT2D eigenvalue weighted by Gasteiger charge is 2.64. The number of ether oxygens (including phenoxy) is 3. The minimum absolute atomic E-state index is 0.111. The molecule has 2 fully saturated rings. The molecule has 6 rings (SSSR count). The van der Waals surface area contributed by atoms with Gasteiger partial charge in [0.05, 0.1) is 25.9 Å². The van der Waals surface area contributed by atoms with Crippen LogP contribution in [-0.4, -0.2) is 120 Å². The number of piperazine rings is 1. The first-order valence-electron chi connectivity index (χ1n) is 17.3. The Morgan fingerprint density at radius 2 is 1.67 bits per heavy atom. The second kappa shape index (κ2) is 14.9. The van der Waals surface area contributed by atoms with Gasteiger partial charge in [0.2, 0.25) is 5.91 Å². The molecule has 3 aliphatic rings. The highest BCUT2D eigenvalue weighted by Crippen LogP contribution is 2.56. The maximum absolute atomic E-state index is 15.8. The number of halogens is 4. The first-order valence-corrected chi connectivity index (χ1v) is 19.1. The normalized spacial score (nSPS) is 22.7. The minimum atomic E-state index is -5.29. The fourth-order valence-corrected chi connectivity index (χ4v) is 9.49. The molecule has 12 nitrogen and oxygen atoms in total. The molecule has 0 N–H and O–H groups in total. The largest absolute Gasteiger partial charge is 0.573 e. The van der Waals surface area contributed by atoms with Crippen molar-refractivity contribution in [3.05, 3.63) is 76.3 Å². The van der Waals surface area contributed by atoms with Crippen molar-refractivity contribution in [2.24, 2.45) is 5.92 Å². The summed E-state index contributed by atoms with van der Waals surface area (Å²) >= 11 is 6.65. The maximum atomic E-state index is 15.8. The molecule has 3 atom stereocenters. The van der Waals surface area contributed by atoms with Gasteiger partial charge in [-0.15, -0.1) is 13.2 Å². The van der Waals surface area contributed by atoms with Crippen molar-refractivity contribution in [1.29, 1.82) is 0 Å². The second-order valence-electron chi connectivity index (χ2n) is 14.2. The Morgan fingerprint density at radius 3 is 2.30 bits per heavy atom. The van der Waals surface area contributed by atoms with Gasteiger partial charge in [-0.3, -0.25) is 19.4 Å². The number of benzene rings is 3. The summed E-state index contributed by atoms with van der Waals surface area (Å²) in [5.74, 6) is -2.47. The lowest BCUT2D eigenvalue weighted by atomic mass is 9.80. The molecule has 0 aliphatic carbocycles. The van der Waals surface area contributed by atoms with Gasteiger partial charge >= 0.3 is 6.36 Å². The van der Waals surface area contributed by atoms with Gasteiger partial charge in [-0.2, -0.15) is 0 Å². The molecule has 0 saturated carbocycles. The first-order chi connectivity index (χ1) is 25.4. The number of rotatable bonds is 10. The van der Waals surface area contributed by atoms with E-state index in [1.54, 1.807) is 31.1 Å². The van der Waals surface area contributed by atoms with E-state index < -0.39 is 44.5 Å². The molecule has 3 aromatic rings. The van der Waals surface area contributed by atoms with Gasteiger partial charge in [0.15, 0.2) is 11.3 Å². The summed E-state index contributed by atoms with van der Waals surface area (Å²) in [5.41, 5.74) is -1.03. The molecule has 17 heteroatoms. The fraction of sp³-hybridized carbons (Fsp3) is 0.459. The molecule has 54 heavy (non-hydrogen) atoms. The van der Waals surface area contributed by atoms with Crippen LogP contribution in [0, 0.1) is 5.92 Å². The van der Waals surface area contributed by atoms with Gasteiger partial charge in [-0.05, 0) is 67.4 Å². The smallest absolute Gasteiger partial charge is 0.497 e. The molecular formula is C37H43ClF3N5O7S. The van der Waals surface area contributed by atoms with E-state index >= 15 is 4.79 Å². The first kappa shape index (κ1) is 39.6. The summed E-state index contributed by atoms with van der Waals surface area (Å²) < 4.78 is 86.7. The Morgan fingerprint density at radius 1 is 0.963 bits per heavy atom. The summed E-state index contributed by atoms with van der Waals surface area (Å²) in [6, 6.07) is 11.5. The van der Waals surface area contributed by atoms with Crippen molar-refractivity contribution >= 4 is 39.1 Å². The van der Waals surface area contributed by atoms with Gasteiger partial charge in [0.1, 0.15) is 16.4 Å². The lowest BCUT2D eigenvalue weighted by Gasteiger charge is -2.42. The monoisotopic (exact) mass is 793 g/mol. The number of sulfonamides is 1. The van der Waals surface area contributed by atoms with E-state index in [9.17, 15) is 26.4 Å². The third kappa shape index (κ3) is 7.09. The van der Waals surface area contributed by atoms with Gasteiger partial charge < -0.3 is 24.0 Å². The van der Waals surface area contributed by atoms with Crippen LogP contribution in [0.3, 0.4) is 0 Å². The summed E-state index contributed by atoms with van der Waals surface area (Å²) in [7, 11) is 2.67. The third-order valence-electron chi connectivity index (χ3n) is 10.3. The zero-order valence-corrected chi connectivity index (χ0v) is 32.4. The van der Waals surface area contributed by atoms with E-state index in [0.29, 0.717) is 17.3 Å². The number of carbonyl (C=O) groups is 2. The highest BCUT2D eigenvalue weighted by molar-refractivity contribution is 7.93. The molecule has 292 valence electrons. The van der Waals surface area contributed by atoms with Crippen molar-refractivity contribution in [2.75, 3.05) is 72.4 Å². The molecule has 3 aliphatic heterocycles. The van der Waals surface area contributed by atoms with Crippen molar-refractivity contribution in [3.63, 3.8) is 0 Å². The van der Waals surface area contributed by atoms with Crippen LogP contribution in [0.5, 0.6) is 17.2 Å². The number of nitrogens with zero attached hydrogens (tertiary/aromatic N) is 5. The molecule has 0 spiro atoms. The minimum Gasteiger partial charge on any atom is -0.497 e. The number of anilines is 1. The predicted molar refractivity (Wildman–Crippen MR) is 195 cm³/mol. The topological polar surface area (TPSA) is 112 Å². The summed E-state index contributed by atoms with van der Waals surface area (Å²) in [5, 5.41) is 0.158. The van der Waals surface area contributed by atoms with Crippen molar-refractivity contribution in [1.82, 2.24) is 19.6 Å². The molecule has 0 bridgehead atoms. The van der Waals surface area contributed by atoms with Crippen LogP contribution >= 0.6 is 11.6 Å². The zero-order valence-electron chi connectivity index (χ0n) is 30.8. The summed E-state index contributed by atoms with van der Waals surface area (Å²) in [6.07, 6.45) is -4.95. The lowest BCUT2D eigenvalue weighted by Crippen LogP contribution is -2.59. The highest BCUT2D eigenvalue weighted by atomic mass is 35.5. The number of hydrogen-bond acceptors (Lipinski definition) is 10. The van der Waals surface area contributed by atoms with Crippen LogP contribution < -0.4 is 18.5 Å². The number of likely N-dealkylation sites (tertiary alicyclic amines) is 1. The standard InChI is InChI=1S/C37H43ClF3N5O7S/c1-23-17-30(34(47)42(2)3)45(21-23)36(28-18-24(7-11-31(28)52-6)22-44-15-13-43(4)14-16-44)27-19-25(38)8-10-29(27)46(35(36)48)54(49,50)33-12-9-26(51-5)20-32(33)53-37(39,40)41/h7-12,18-20,23,30H,13-17,21-22H2,1-6H3/t23-,30+,36?/m1/s1. The molecule has 0 radical (unpaired) electrons. The van der Waals surface area contributed by atoms with Gasteiger partial charge in [-0.25, -0.2) is 12.7 Å².